The van der Waals surface area contributed by atoms with Crippen molar-refractivity contribution < 1.29 is 28.9 Å². The lowest BCUT2D eigenvalue weighted by Crippen LogP contribution is -2.53. The Morgan fingerprint density at radius 2 is 1.74 bits per heavy atom. The summed E-state index contributed by atoms with van der Waals surface area (Å²) in [5.74, 6) is -0.379. The number of aromatic nitrogens is 1. The van der Waals surface area contributed by atoms with Gasteiger partial charge in [-0.2, -0.15) is 0 Å². The van der Waals surface area contributed by atoms with Crippen molar-refractivity contribution in [2.24, 2.45) is 0 Å². The third-order valence-electron chi connectivity index (χ3n) is 6.11. The highest BCUT2D eigenvalue weighted by molar-refractivity contribution is 7.42. The lowest BCUT2D eigenvalue weighted by Gasteiger charge is -2.39. The number of aliphatic carboxylic acids is 1. The van der Waals surface area contributed by atoms with Gasteiger partial charge in [-0.1, -0.05) is 55.3 Å². The Bertz CT molecular complexity index is 1280. The number of hydrogen-bond donors (Lipinski definition) is 3. The number of aliphatic hydroxyl groups is 1. The molecule has 0 spiro atoms. The summed E-state index contributed by atoms with van der Waals surface area (Å²) in [4.78, 5) is 27.1. The first-order valence-electron chi connectivity index (χ1n) is 10.5. The predicted octanol–water partition coefficient (Wildman–Crippen LogP) is 4.56. The molecule has 34 heavy (non-hydrogen) atoms. The molecule has 0 aliphatic carbocycles. The van der Waals surface area contributed by atoms with Gasteiger partial charge in [-0.25, -0.2) is 9.18 Å². The Morgan fingerprint density at radius 3 is 2.21 bits per heavy atom. The zero-order valence-electron chi connectivity index (χ0n) is 19.0. The molecule has 0 saturated carbocycles. The number of hydrogen-bond acceptors (Lipinski definition) is 4. The van der Waals surface area contributed by atoms with Crippen LogP contribution in [-0.4, -0.2) is 31.2 Å². The molecule has 8 heteroatoms. The van der Waals surface area contributed by atoms with Gasteiger partial charge in [0, 0.05) is 16.8 Å². The lowest BCUT2D eigenvalue weighted by molar-refractivity contribution is -0.145. The second kappa shape index (κ2) is 9.52. The van der Waals surface area contributed by atoms with Crippen LogP contribution in [-0.2, 0) is 21.4 Å². The van der Waals surface area contributed by atoms with E-state index in [0.29, 0.717) is 28.1 Å². The zero-order chi connectivity index (χ0) is 25.3. The largest absolute Gasteiger partial charge is 0.480 e. The van der Waals surface area contributed by atoms with Crippen LogP contribution in [0.4, 0.5) is 4.39 Å². The first kappa shape index (κ1) is 25.3. The minimum absolute atomic E-state index is 0.0199. The van der Waals surface area contributed by atoms with Gasteiger partial charge in [0.2, 0.25) is 13.2 Å². The molecular weight excluding hydrogens is 456 g/mol. The van der Waals surface area contributed by atoms with Gasteiger partial charge in [-0.05, 0) is 49.1 Å². The fraction of sp³-hybridized carbons (Fsp3) is 0.231. The van der Waals surface area contributed by atoms with Crippen molar-refractivity contribution in [2.75, 3.05) is 0 Å². The van der Waals surface area contributed by atoms with Crippen molar-refractivity contribution in [1.82, 2.24) is 4.98 Å². The number of rotatable bonds is 7. The second-order valence-electron chi connectivity index (χ2n) is 8.09. The monoisotopic (exact) mass is 481 g/mol. The summed E-state index contributed by atoms with van der Waals surface area (Å²) in [6, 6.07) is 14.7. The van der Waals surface area contributed by atoms with Crippen molar-refractivity contribution >= 4 is 14.0 Å². The van der Waals surface area contributed by atoms with Crippen LogP contribution in [0.2, 0.25) is 0 Å². The van der Waals surface area contributed by atoms with E-state index in [-0.39, 0.29) is 12.0 Å². The number of aryl methyl sites for hydroxylation is 1. The first-order chi connectivity index (χ1) is 16.0. The van der Waals surface area contributed by atoms with Crippen LogP contribution in [0.15, 0.2) is 54.6 Å². The molecule has 3 N–H and O–H groups in total. The lowest BCUT2D eigenvalue weighted by atomic mass is 9.76. The van der Waals surface area contributed by atoms with Gasteiger partial charge < -0.3 is 15.1 Å². The molecule has 1 aromatic heterocycles. The van der Waals surface area contributed by atoms with E-state index in [0.717, 1.165) is 12.5 Å². The molecular formula is C26H25FNO5P. The van der Waals surface area contributed by atoms with E-state index in [1.807, 2.05) is 36.3 Å². The first-order valence-corrected chi connectivity index (χ1v) is 11.9. The molecule has 0 aliphatic rings. The molecule has 3 atom stereocenters. The Kier molecular flexibility index (Phi) is 7.09. The zero-order valence-corrected chi connectivity index (χ0v) is 20.0. The highest BCUT2D eigenvalue weighted by Gasteiger charge is 2.59. The minimum Gasteiger partial charge on any atom is -0.480 e. The summed E-state index contributed by atoms with van der Waals surface area (Å²) >= 11 is 0. The molecule has 3 rings (SSSR count). The molecule has 0 fully saturated rings. The van der Waals surface area contributed by atoms with Crippen LogP contribution in [0, 0.1) is 25.1 Å². The number of pyridine rings is 1. The molecule has 0 aliphatic heterocycles. The molecule has 1 heterocycles. The molecule has 6 nitrogen and oxygen atoms in total. The minimum atomic E-state index is -4.01. The Labute approximate surface area is 198 Å². The standard InChI is InChI=1S/C26H25FNO5P/c1-5-20-22(25(4,31)26(6-2,24(29)30)34(32)33)21(17-12-14-19(27)15-13-17)16(3)23(28-20)18-10-8-7-9-11-18/h2,7-15,31,34H,5H2,1,3-4H3,(H,29,30)(H,32,33). The fourth-order valence-corrected chi connectivity index (χ4v) is 5.17. The Balaban J connectivity index is 2.54. The highest BCUT2D eigenvalue weighted by atomic mass is 31.1. The molecule has 0 bridgehead atoms. The molecule has 0 saturated heterocycles. The average molecular weight is 481 g/mol. The number of terminal acetylenes is 1. The SMILES string of the molecule is C#CC(C(=O)O)([PH](=O)O)C(C)(O)c1c(CC)nc(-c2ccccc2)c(C)c1-c1ccc(F)cc1. The highest BCUT2D eigenvalue weighted by Crippen LogP contribution is 2.52. The van der Waals surface area contributed by atoms with Crippen LogP contribution < -0.4 is 0 Å². The summed E-state index contributed by atoms with van der Waals surface area (Å²) in [6.45, 7) is 4.62. The van der Waals surface area contributed by atoms with E-state index in [4.69, 9.17) is 11.4 Å². The normalized spacial score (nSPS) is 15.6. The van der Waals surface area contributed by atoms with Crippen molar-refractivity contribution in [1.29, 1.82) is 0 Å². The maximum atomic E-state index is 13.7. The van der Waals surface area contributed by atoms with Crippen LogP contribution >= 0.6 is 8.03 Å². The third-order valence-corrected chi connectivity index (χ3v) is 7.59. The third kappa shape index (κ3) is 3.95. The summed E-state index contributed by atoms with van der Waals surface area (Å²) in [5.41, 5.74) is 0.595. The predicted molar refractivity (Wildman–Crippen MR) is 129 cm³/mol. The fourth-order valence-electron chi connectivity index (χ4n) is 4.32. The van der Waals surface area contributed by atoms with Crippen molar-refractivity contribution in [3.63, 3.8) is 0 Å². The van der Waals surface area contributed by atoms with Gasteiger partial charge in [0.15, 0.2) is 0 Å². The quantitative estimate of drug-likeness (QED) is 0.337. The van der Waals surface area contributed by atoms with E-state index >= 15 is 0 Å². The molecule has 3 aromatic rings. The van der Waals surface area contributed by atoms with Crippen LogP contribution in [0.1, 0.15) is 30.7 Å². The Morgan fingerprint density at radius 1 is 1.15 bits per heavy atom. The topological polar surface area (TPSA) is 108 Å². The number of carboxylic acids is 1. The van der Waals surface area contributed by atoms with Crippen LogP contribution in [0.3, 0.4) is 0 Å². The second-order valence-corrected chi connectivity index (χ2v) is 9.45. The molecule has 176 valence electrons. The number of carboxylic acid groups (broad SMARTS) is 1. The summed E-state index contributed by atoms with van der Waals surface area (Å²) in [5, 5.41) is 18.9. The van der Waals surface area contributed by atoms with Gasteiger partial charge in [-0.3, -0.25) is 9.55 Å². The smallest absolute Gasteiger partial charge is 0.335 e. The van der Waals surface area contributed by atoms with Gasteiger partial charge in [-0.15, -0.1) is 6.42 Å². The van der Waals surface area contributed by atoms with Gasteiger partial charge in [0.1, 0.15) is 11.4 Å². The molecule has 0 amide bonds. The number of carbonyl (C=O) groups is 1. The van der Waals surface area contributed by atoms with Crippen LogP contribution in [0.25, 0.3) is 22.4 Å². The summed E-state index contributed by atoms with van der Waals surface area (Å²) < 4.78 is 26.2. The van der Waals surface area contributed by atoms with Gasteiger partial charge >= 0.3 is 5.97 Å². The molecule has 2 aromatic carbocycles. The summed E-state index contributed by atoms with van der Waals surface area (Å²) in [6.07, 6.45) is 5.75. The number of benzene rings is 2. The van der Waals surface area contributed by atoms with E-state index < -0.39 is 30.6 Å². The number of halogens is 1. The van der Waals surface area contributed by atoms with Crippen molar-refractivity contribution in [3.8, 4) is 34.7 Å². The van der Waals surface area contributed by atoms with Gasteiger partial charge in [0.05, 0.1) is 5.69 Å². The van der Waals surface area contributed by atoms with E-state index in [2.05, 4.69) is 0 Å². The van der Waals surface area contributed by atoms with Crippen LogP contribution in [0.5, 0.6) is 0 Å². The van der Waals surface area contributed by atoms with Gasteiger partial charge in [0.25, 0.3) is 0 Å². The maximum absolute atomic E-state index is 13.7. The van der Waals surface area contributed by atoms with E-state index in [1.54, 1.807) is 13.8 Å². The Hall–Kier alpha value is -3.30. The van der Waals surface area contributed by atoms with E-state index in [9.17, 15) is 28.9 Å². The maximum Gasteiger partial charge on any atom is 0.335 e. The molecule has 3 unspecified atom stereocenters. The molecule has 0 radical (unpaired) electrons. The average Bonchev–Trinajstić information content (AvgIpc) is 2.80. The summed E-state index contributed by atoms with van der Waals surface area (Å²) in [7, 11) is -4.01. The van der Waals surface area contributed by atoms with Crippen molar-refractivity contribution in [2.45, 2.75) is 37.9 Å². The number of nitrogens with zero attached hydrogens (tertiary/aromatic N) is 1. The van der Waals surface area contributed by atoms with E-state index in [1.165, 1.54) is 24.3 Å². The van der Waals surface area contributed by atoms with Crippen molar-refractivity contribution in [3.05, 3.63) is 77.2 Å².